The Balaban J connectivity index is 1.45. The Labute approximate surface area is 155 Å². The molecule has 7 heteroatoms. The average Bonchev–Trinajstić information content (AvgIpc) is 3.37. The highest BCUT2D eigenvalue weighted by Crippen LogP contribution is 2.32. The lowest BCUT2D eigenvalue weighted by Gasteiger charge is -2.21. The summed E-state index contributed by atoms with van der Waals surface area (Å²) in [5, 5.41) is 3.97. The van der Waals surface area contributed by atoms with Gasteiger partial charge in [0.15, 0.2) is 6.61 Å². The molecule has 1 amide bonds. The summed E-state index contributed by atoms with van der Waals surface area (Å²) in [6.45, 7) is 0.579. The Bertz CT molecular complexity index is 912. The van der Waals surface area contributed by atoms with Gasteiger partial charge in [-0.25, -0.2) is 4.39 Å². The van der Waals surface area contributed by atoms with Gasteiger partial charge in [-0.2, -0.15) is 4.98 Å². The minimum absolute atomic E-state index is 0.0422. The lowest BCUT2D eigenvalue weighted by atomic mass is 10.2. The summed E-state index contributed by atoms with van der Waals surface area (Å²) in [4.78, 5) is 18.7. The smallest absolute Gasteiger partial charge is 0.261 e. The van der Waals surface area contributed by atoms with Crippen molar-refractivity contribution >= 4 is 5.91 Å². The largest absolute Gasteiger partial charge is 0.484 e. The predicted molar refractivity (Wildman–Crippen MR) is 95.3 cm³/mol. The van der Waals surface area contributed by atoms with E-state index in [2.05, 4.69) is 10.1 Å². The Morgan fingerprint density at radius 1 is 1.19 bits per heavy atom. The van der Waals surface area contributed by atoms with Crippen molar-refractivity contribution < 1.29 is 18.4 Å². The second-order valence-electron chi connectivity index (χ2n) is 6.31. The minimum Gasteiger partial charge on any atom is -0.484 e. The number of halogens is 1. The van der Waals surface area contributed by atoms with Gasteiger partial charge in [-0.1, -0.05) is 23.4 Å². The van der Waals surface area contributed by atoms with Gasteiger partial charge in [0, 0.05) is 12.1 Å². The maximum absolute atomic E-state index is 13.1. The number of para-hydroxylation sites is 1. The van der Waals surface area contributed by atoms with Crippen molar-refractivity contribution in [3.05, 3.63) is 66.3 Å². The first-order chi connectivity index (χ1) is 13.2. The highest BCUT2D eigenvalue weighted by molar-refractivity contribution is 5.78. The van der Waals surface area contributed by atoms with Crippen LogP contribution in [0, 0.1) is 5.82 Å². The van der Waals surface area contributed by atoms with E-state index in [4.69, 9.17) is 9.26 Å². The van der Waals surface area contributed by atoms with Crippen molar-refractivity contribution in [3.8, 4) is 17.1 Å². The zero-order chi connectivity index (χ0) is 18.6. The number of carbonyl (C=O) groups excluding carboxylic acids is 1. The number of benzene rings is 2. The van der Waals surface area contributed by atoms with E-state index in [-0.39, 0.29) is 24.4 Å². The molecule has 0 bridgehead atoms. The highest BCUT2D eigenvalue weighted by atomic mass is 19.1. The molecule has 0 saturated carbocycles. The van der Waals surface area contributed by atoms with Crippen LogP contribution in [0.3, 0.4) is 0 Å². The molecule has 4 rings (SSSR count). The van der Waals surface area contributed by atoms with Crippen LogP contribution in [-0.2, 0) is 4.79 Å². The van der Waals surface area contributed by atoms with Gasteiger partial charge in [0.05, 0.1) is 0 Å². The van der Waals surface area contributed by atoms with E-state index in [1.54, 1.807) is 17.0 Å². The zero-order valence-corrected chi connectivity index (χ0v) is 14.5. The third-order valence-corrected chi connectivity index (χ3v) is 4.51. The van der Waals surface area contributed by atoms with Crippen LogP contribution in [0.4, 0.5) is 4.39 Å². The zero-order valence-electron chi connectivity index (χ0n) is 14.5. The molecule has 138 valence electrons. The summed E-state index contributed by atoms with van der Waals surface area (Å²) < 4.78 is 24.0. The Kier molecular flexibility index (Phi) is 4.82. The molecule has 1 aliphatic heterocycles. The van der Waals surface area contributed by atoms with E-state index in [9.17, 15) is 9.18 Å². The fraction of sp³-hybridized carbons (Fsp3) is 0.250. The highest BCUT2D eigenvalue weighted by Gasteiger charge is 2.34. The van der Waals surface area contributed by atoms with Crippen LogP contribution < -0.4 is 4.74 Å². The number of aromatic nitrogens is 2. The molecule has 0 radical (unpaired) electrons. The van der Waals surface area contributed by atoms with Crippen molar-refractivity contribution in [1.29, 1.82) is 0 Å². The first-order valence-corrected chi connectivity index (χ1v) is 8.77. The summed E-state index contributed by atoms with van der Waals surface area (Å²) in [6, 6.07) is 14.8. The summed E-state index contributed by atoms with van der Waals surface area (Å²) in [6.07, 6.45) is 1.61. The number of nitrogens with zero attached hydrogens (tertiary/aromatic N) is 3. The van der Waals surface area contributed by atoms with Crippen LogP contribution in [-0.4, -0.2) is 34.1 Å². The van der Waals surface area contributed by atoms with Gasteiger partial charge in [0.25, 0.3) is 5.91 Å². The molecule has 1 aliphatic rings. The van der Waals surface area contributed by atoms with Gasteiger partial charge in [0.2, 0.25) is 11.7 Å². The summed E-state index contributed by atoms with van der Waals surface area (Å²) in [7, 11) is 0. The molecule has 2 heterocycles. The van der Waals surface area contributed by atoms with Crippen molar-refractivity contribution in [3.63, 3.8) is 0 Å². The van der Waals surface area contributed by atoms with Gasteiger partial charge in [-0.05, 0) is 49.2 Å². The topological polar surface area (TPSA) is 68.5 Å². The molecule has 1 fully saturated rings. The summed E-state index contributed by atoms with van der Waals surface area (Å²) in [5.74, 6) is 0.971. The Hall–Kier alpha value is -3.22. The van der Waals surface area contributed by atoms with Crippen molar-refractivity contribution in [2.75, 3.05) is 13.2 Å². The molecular formula is C20H18FN3O3. The van der Waals surface area contributed by atoms with Gasteiger partial charge >= 0.3 is 0 Å². The molecule has 1 atom stereocenters. The Morgan fingerprint density at radius 3 is 2.74 bits per heavy atom. The van der Waals surface area contributed by atoms with Crippen LogP contribution in [0.1, 0.15) is 24.8 Å². The molecule has 6 nitrogen and oxygen atoms in total. The van der Waals surface area contributed by atoms with Crippen LogP contribution in [0.15, 0.2) is 59.1 Å². The van der Waals surface area contributed by atoms with Crippen molar-refractivity contribution in [1.82, 2.24) is 15.0 Å². The number of ether oxygens (including phenoxy) is 1. The van der Waals surface area contributed by atoms with E-state index in [1.165, 1.54) is 12.1 Å². The first kappa shape index (κ1) is 17.2. The molecule has 0 N–H and O–H groups in total. The lowest BCUT2D eigenvalue weighted by molar-refractivity contribution is -0.134. The monoisotopic (exact) mass is 367 g/mol. The maximum Gasteiger partial charge on any atom is 0.261 e. The second-order valence-corrected chi connectivity index (χ2v) is 6.31. The first-order valence-electron chi connectivity index (χ1n) is 8.77. The molecule has 1 aromatic heterocycles. The molecule has 3 aromatic rings. The van der Waals surface area contributed by atoms with Crippen LogP contribution >= 0.6 is 0 Å². The third kappa shape index (κ3) is 3.81. The average molecular weight is 367 g/mol. The third-order valence-electron chi connectivity index (χ3n) is 4.51. The molecule has 0 spiro atoms. The number of carbonyl (C=O) groups is 1. The normalized spacial score (nSPS) is 16.5. The van der Waals surface area contributed by atoms with Crippen LogP contribution in [0.5, 0.6) is 5.75 Å². The van der Waals surface area contributed by atoms with Crippen molar-refractivity contribution in [2.24, 2.45) is 0 Å². The summed E-state index contributed by atoms with van der Waals surface area (Å²) in [5.41, 5.74) is 0.662. The fourth-order valence-corrected chi connectivity index (χ4v) is 3.15. The predicted octanol–water partition coefficient (Wildman–Crippen LogP) is 3.62. The lowest BCUT2D eigenvalue weighted by Crippen LogP contribution is -2.34. The molecule has 2 aromatic carbocycles. The van der Waals surface area contributed by atoms with Crippen LogP contribution in [0.25, 0.3) is 11.4 Å². The van der Waals surface area contributed by atoms with Gasteiger partial charge in [-0.3, -0.25) is 4.79 Å². The van der Waals surface area contributed by atoms with E-state index in [0.717, 1.165) is 12.8 Å². The standard InChI is InChI=1S/C20H18FN3O3/c21-15-10-8-14(9-11-15)19-22-20(27-23-19)17-7-4-12-24(17)18(25)13-26-16-5-2-1-3-6-16/h1-3,5-6,8-11,17H,4,7,12-13H2/t17-/m1/s1. The summed E-state index contributed by atoms with van der Waals surface area (Å²) >= 11 is 0. The molecular weight excluding hydrogens is 349 g/mol. The van der Waals surface area contributed by atoms with Gasteiger partial charge < -0.3 is 14.2 Å². The molecule has 0 unspecified atom stereocenters. The van der Waals surface area contributed by atoms with Crippen molar-refractivity contribution in [2.45, 2.75) is 18.9 Å². The van der Waals surface area contributed by atoms with E-state index >= 15 is 0 Å². The van der Waals surface area contributed by atoms with E-state index in [0.29, 0.717) is 29.6 Å². The Morgan fingerprint density at radius 2 is 1.96 bits per heavy atom. The number of hydrogen-bond donors (Lipinski definition) is 0. The van der Waals surface area contributed by atoms with Gasteiger partial charge in [0.1, 0.15) is 17.6 Å². The number of likely N-dealkylation sites (tertiary alicyclic amines) is 1. The molecule has 0 aliphatic carbocycles. The molecule has 27 heavy (non-hydrogen) atoms. The second kappa shape index (κ2) is 7.57. The van der Waals surface area contributed by atoms with Gasteiger partial charge in [-0.15, -0.1) is 0 Å². The minimum atomic E-state index is -0.326. The number of amides is 1. The van der Waals surface area contributed by atoms with Crippen LogP contribution in [0.2, 0.25) is 0 Å². The number of hydrogen-bond acceptors (Lipinski definition) is 5. The van der Waals surface area contributed by atoms with E-state index < -0.39 is 0 Å². The quantitative estimate of drug-likeness (QED) is 0.689. The number of rotatable bonds is 5. The fourth-order valence-electron chi connectivity index (χ4n) is 3.15. The molecule has 1 saturated heterocycles. The van der Waals surface area contributed by atoms with E-state index in [1.807, 2.05) is 30.3 Å². The SMILES string of the molecule is O=C(COc1ccccc1)N1CCC[C@@H]1c1nc(-c2ccc(F)cc2)no1. The maximum atomic E-state index is 13.1.